The number of aromatic amines is 1. The monoisotopic (exact) mass is 337 g/mol. The number of hydrogen-bond donors (Lipinski definition) is 1. The number of para-hydroxylation sites is 2. The molecule has 0 bridgehead atoms. The van der Waals surface area contributed by atoms with Crippen LogP contribution in [0.1, 0.15) is 47.7 Å². The number of hydrogen-bond acceptors (Lipinski definition) is 3. The molecular weight excluding hydrogens is 314 g/mol. The van der Waals surface area contributed by atoms with Crippen LogP contribution in [0.25, 0.3) is 11.0 Å². The van der Waals surface area contributed by atoms with E-state index in [1.54, 1.807) is 4.68 Å². The molecule has 6 heteroatoms. The Morgan fingerprint density at radius 1 is 1.36 bits per heavy atom. The number of aryl methyl sites for hydroxylation is 2. The summed E-state index contributed by atoms with van der Waals surface area (Å²) in [7, 11) is 1.89. The molecular formula is C19H23N5O. The molecule has 25 heavy (non-hydrogen) atoms. The molecule has 1 amide bonds. The van der Waals surface area contributed by atoms with Crippen molar-refractivity contribution in [1.29, 1.82) is 0 Å². The third kappa shape index (κ3) is 2.92. The van der Waals surface area contributed by atoms with Crippen LogP contribution in [0.5, 0.6) is 0 Å². The fourth-order valence-electron chi connectivity index (χ4n) is 3.65. The summed E-state index contributed by atoms with van der Waals surface area (Å²) in [6.45, 7) is 3.55. The molecule has 1 saturated heterocycles. The van der Waals surface area contributed by atoms with E-state index in [1.165, 1.54) is 0 Å². The molecule has 0 spiro atoms. The van der Waals surface area contributed by atoms with Crippen LogP contribution in [0, 0.1) is 0 Å². The molecule has 1 aliphatic rings. The third-order valence-corrected chi connectivity index (χ3v) is 5.06. The van der Waals surface area contributed by atoms with E-state index in [9.17, 15) is 4.79 Å². The SMILES string of the molecule is CCc1cc(C(=O)N2CCCC(c3nc4ccccc4[nH]3)C2)nn1C. The molecule has 0 saturated carbocycles. The first-order valence-corrected chi connectivity index (χ1v) is 8.92. The quantitative estimate of drug-likeness (QED) is 0.799. The number of imidazole rings is 1. The van der Waals surface area contributed by atoms with Crippen molar-refractivity contribution in [2.45, 2.75) is 32.1 Å². The van der Waals surface area contributed by atoms with Crippen LogP contribution in [0.2, 0.25) is 0 Å². The standard InChI is InChI=1S/C19H23N5O/c1-3-14-11-17(22-23(14)2)19(25)24-10-6-7-13(12-24)18-20-15-8-4-5-9-16(15)21-18/h4-5,8-9,11,13H,3,6-7,10,12H2,1-2H3,(H,20,21). The van der Waals surface area contributed by atoms with E-state index in [4.69, 9.17) is 4.98 Å². The number of rotatable bonds is 3. The van der Waals surface area contributed by atoms with Crippen molar-refractivity contribution in [2.75, 3.05) is 13.1 Å². The Labute approximate surface area is 146 Å². The highest BCUT2D eigenvalue weighted by Crippen LogP contribution is 2.27. The van der Waals surface area contributed by atoms with Gasteiger partial charge in [-0.2, -0.15) is 5.10 Å². The Hall–Kier alpha value is -2.63. The Bertz CT molecular complexity index is 877. The minimum Gasteiger partial charge on any atom is -0.342 e. The average Bonchev–Trinajstić information content (AvgIpc) is 3.24. The first kappa shape index (κ1) is 15.9. The van der Waals surface area contributed by atoms with Gasteiger partial charge in [0.25, 0.3) is 5.91 Å². The normalized spacial score (nSPS) is 18.0. The van der Waals surface area contributed by atoms with Crippen molar-refractivity contribution in [3.63, 3.8) is 0 Å². The Morgan fingerprint density at radius 3 is 2.96 bits per heavy atom. The van der Waals surface area contributed by atoms with E-state index >= 15 is 0 Å². The summed E-state index contributed by atoms with van der Waals surface area (Å²) in [5, 5.41) is 4.39. The van der Waals surface area contributed by atoms with Gasteiger partial charge < -0.3 is 9.88 Å². The maximum Gasteiger partial charge on any atom is 0.274 e. The number of carbonyl (C=O) groups is 1. The van der Waals surface area contributed by atoms with Crippen LogP contribution >= 0.6 is 0 Å². The molecule has 6 nitrogen and oxygen atoms in total. The summed E-state index contributed by atoms with van der Waals surface area (Å²) >= 11 is 0. The maximum atomic E-state index is 12.8. The van der Waals surface area contributed by atoms with Crippen LogP contribution in [-0.2, 0) is 13.5 Å². The topological polar surface area (TPSA) is 66.8 Å². The summed E-state index contributed by atoms with van der Waals surface area (Å²) < 4.78 is 1.80. The predicted octanol–water partition coefficient (Wildman–Crippen LogP) is 2.88. The highest BCUT2D eigenvalue weighted by molar-refractivity contribution is 5.92. The molecule has 4 rings (SSSR count). The molecule has 130 valence electrons. The molecule has 1 aliphatic heterocycles. The molecule has 2 aromatic heterocycles. The fraction of sp³-hybridized carbons (Fsp3) is 0.421. The summed E-state index contributed by atoms with van der Waals surface area (Å²) in [5.41, 5.74) is 3.66. The first-order chi connectivity index (χ1) is 12.2. The second-order valence-electron chi connectivity index (χ2n) is 6.73. The first-order valence-electron chi connectivity index (χ1n) is 8.92. The van der Waals surface area contributed by atoms with Crippen molar-refractivity contribution in [1.82, 2.24) is 24.6 Å². The molecule has 0 aliphatic carbocycles. The fourth-order valence-corrected chi connectivity index (χ4v) is 3.65. The summed E-state index contributed by atoms with van der Waals surface area (Å²) in [6.07, 6.45) is 2.91. The molecule has 1 N–H and O–H groups in total. The van der Waals surface area contributed by atoms with E-state index < -0.39 is 0 Å². The molecule has 1 fully saturated rings. The van der Waals surface area contributed by atoms with Crippen LogP contribution in [-0.4, -0.2) is 43.6 Å². The number of carbonyl (C=O) groups excluding carboxylic acids is 1. The lowest BCUT2D eigenvalue weighted by atomic mass is 9.97. The zero-order valence-corrected chi connectivity index (χ0v) is 14.7. The molecule has 3 aromatic rings. The van der Waals surface area contributed by atoms with Crippen molar-refractivity contribution < 1.29 is 4.79 Å². The number of benzene rings is 1. The molecule has 1 unspecified atom stereocenters. The summed E-state index contributed by atoms with van der Waals surface area (Å²) in [4.78, 5) is 22.9. The maximum absolute atomic E-state index is 12.8. The number of aromatic nitrogens is 4. The van der Waals surface area contributed by atoms with E-state index in [2.05, 4.69) is 17.0 Å². The highest BCUT2D eigenvalue weighted by Gasteiger charge is 2.28. The zero-order chi connectivity index (χ0) is 17.4. The van der Waals surface area contributed by atoms with Crippen LogP contribution in [0.4, 0.5) is 0 Å². The number of H-pyrrole nitrogens is 1. The van der Waals surface area contributed by atoms with E-state index in [-0.39, 0.29) is 11.8 Å². The summed E-state index contributed by atoms with van der Waals surface area (Å²) in [6, 6.07) is 9.97. The van der Waals surface area contributed by atoms with Crippen molar-refractivity contribution in [2.24, 2.45) is 7.05 Å². The van der Waals surface area contributed by atoms with Gasteiger partial charge in [-0.05, 0) is 37.5 Å². The van der Waals surface area contributed by atoms with Gasteiger partial charge in [-0.15, -0.1) is 0 Å². The third-order valence-electron chi connectivity index (χ3n) is 5.06. The molecule has 1 aromatic carbocycles. The van der Waals surface area contributed by atoms with Gasteiger partial charge in [0.1, 0.15) is 5.82 Å². The number of fused-ring (bicyclic) bond motifs is 1. The van der Waals surface area contributed by atoms with Gasteiger partial charge in [-0.3, -0.25) is 9.48 Å². The van der Waals surface area contributed by atoms with E-state index in [0.717, 1.165) is 48.4 Å². The zero-order valence-electron chi connectivity index (χ0n) is 14.7. The van der Waals surface area contributed by atoms with Crippen LogP contribution in [0.3, 0.4) is 0 Å². The molecule has 3 heterocycles. The predicted molar refractivity (Wildman–Crippen MR) is 96.6 cm³/mol. The highest BCUT2D eigenvalue weighted by atomic mass is 16.2. The lowest BCUT2D eigenvalue weighted by Crippen LogP contribution is -2.39. The van der Waals surface area contributed by atoms with Gasteiger partial charge >= 0.3 is 0 Å². The van der Waals surface area contributed by atoms with Gasteiger partial charge in [0.05, 0.1) is 11.0 Å². The van der Waals surface area contributed by atoms with Gasteiger partial charge in [0, 0.05) is 31.7 Å². The number of amides is 1. The molecule has 1 atom stereocenters. The lowest BCUT2D eigenvalue weighted by molar-refractivity contribution is 0.0698. The minimum atomic E-state index is 0.0242. The largest absolute Gasteiger partial charge is 0.342 e. The van der Waals surface area contributed by atoms with Crippen molar-refractivity contribution >= 4 is 16.9 Å². The van der Waals surface area contributed by atoms with Gasteiger partial charge in [-0.25, -0.2) is 4.98 Å². The van der Waals surface area contributed by atoms with Gasteiger partial charge in [-0.1, -0.05) is 19.1 Å². The van der Waals surface area contributed by atoms with Crippen LogP contribution < -0.4 is 0 Å². The second kappa shape index (κ2) is 6.35. The lowest BCUT2D eigenvalue weighted by Gasteiger charge is -2.31. The van der Waals surface area contributed by atoms with E-state index in [0.29, 0.717) is 12.2 Å². The average molecular weight is 337 g/mol. The van der Waals surface area contributed by atoms with Crippen molar-refractivity contribution in [3.05, 3.63) is 47.5 Å². The van der Waals surface area contributed by atoms with Crippen molar-refractivity contribution in [3.8, 4) is 0 Å². The Balaban J connectivity index is 1.54. The Kier molecular flexibility index (Phi) is 4.03. The van der Waals surface area contributed by atoms with Gasteiger partial charge in [0.2, 0.25) is 0 Å². The number of piperidine rings is 1. The number of nitrogens with one attached hydrogen (secondary N) is 1. The smallest absolute Gasteiger partial charge is 0.274 e. The minimum absolute atomic E-state index is 0.0242. The number of nitrogens with zero attached hydrogens (tertiary/aromatic N) is 4. The van der Waals surface area contributed by atoms with E-state index in [1.807, 2.05) is 42.3 Å². The summed E-state index contributed by atoms with van der Waals surface area (Å²) in [5.74, 6) is 1.25. The van der Waals surface area contributed by atoms with Crippen LogP contribution in [0.15, 0.2) is 30.3 Å². The Morgan fingerprint density at radius 2 is 2.20 bits per heavy atom. The molecule has 0 radical (unpaired) electrons. The van der Waals surface area contributed by atoms with Gasteiger partial charge in [0.15, 0.2) is 5.69 Å². The number of likely N-dealkylation sites (tertiary alicyclic amines) is 1. The second-order valence-corrected chi connectivity index (χ2v) is 6.73.